The zero-order valence-electron chi connectivity index (χ0n) is 21.2. The number of aromatic nitrogens is 1. The third-order valence-corrected chi connectivity index (χ3v) is 11.4. The highest BCUT2D eigenvalue weighted by Crippen LogP contribution is 2.52. The Labute approximate surface area is 228 Å². The highest BCUT2D eigenvalue weighted by Gasteiger charge is 2.45. The molecule has 8 rings (SSSR count). The van der Waals surface area contributed by atoms with E-state index in [2.05, 4.69) is 103 Å². The van der Waals surface area contributed by atoms with Crippen LogP contribution < -0.4 is 27.0 Å². The van der Waals surface area contributed by atoms with E-state index in [9.17, 15) is 0 Å². The van der Waals surface area contributed by atoms with Gasteiger partial charge >= 0.3 is 0 Å². The van der Waals surface area contributed by atoms with Gasteiger partial charge in [-0.1, -0.05) is 132 Å². The van der Waals surface area contributed by atoms with Crippen molar-refractivity contribution in [3.63, 3.8) is 0 Å². The fourth-order valence-corrected chi connectivity index (χ4v) is 9.62. The molecule has 0 bridgehead atoms. The zero-order valence-corrected chi connectivity index (χ0v) is 22.1. The Morgan fingerprint density at radius 1 is 0.564 bits per heavy atom. The van der Waals surface area contributed by atoms with Crippen molar-refractivity contribution in [3.05, 3.63) is 156 Å². The van der Waals surface area contributed by atoms with E-state index in [1.54, 1.807) is 0 Å². The van der Waals surface area contributed by atoms with E-state index in [0.717, 1.165) is 54.5 Å². The molecular formula is C35H23BNOP. The Bertz CT molecular complexity index is 2010. The van der Waals surface area contributed by atoms with E-state index >= 15 is 4.57 Å². The molecule has 1 aromatic heterocycles. The predicted molar refractivity (Wildman–Crippen MR) is 165 cm³/mol. The number of benzene rings is 5. The normalized spacial score (nSPS) is 17.3. The highest BCUT2D eigenvalue weighted by molar-refractivity contribution is 7.85. The molecule has 0 N–H and O–H groups in total. The predicted octanol–water partition coefficient (Wildman–Crippen LogP) is 5.31. The SMILES string of the molecule is O=P1(c2ccc3ccccc3c2)c2ccccc2C2=C(c3ccccc31)c1cccnc1B2c1ccccc1. The molecule has 0 amide bonds. The molecule has 3 heterocycles. The van der Waals surface area contributed by atoms with Crippen molar-refractivity contribution in [3.8, 4) is 0 Å². The Kier molecular flexibility index (Phi) is 4.93. The second-order valence-electron chi connectivity index (χ2n) is 10.2. The Balaban J connectivity index is 1.51. The average molecular weight is 515 g/mol. The van der Waals surface area contributed by atoms with Crippen molar-refractivity contribution >= 4 is 62.6 Å². The van der Waals surface area contributed by atoms with Crippen LogP contribution in [0.25, 0.3) is 21.8 Å². The minimum absolute atomic E-state index is 0.0465. The molecule has 1 atom stereocenters. The van der Waals surface area contributed by atoms with Gasteiger partial charge in [-0.15, -0.1) is 0 Å². The van der Waals surface area contributed by atoms with E-state index in [1.807, 2.05) is 36.5 Å². The molecule has 4 heteroatoms. The standard InChI is InChI=1S/C35H23BNOP/c38-39(27-21-20-24-11-4-5-12-25(24)23-27)31-18-8-6-15-28(31)33-30-17-10-22-37-35(30)36(26-13-2-1-3-14-26)34(33)29-16-7-9-19-32(29)39/h1-23H. The van der Waals surface area contributed by atoms with Gasteiger partial charge in [0, 0.05) is 27.7 Å². The van der Waals surface area contributed by atoms with Gasteiger partial charge in [-0.2, -0.15) is 0 Å². The summed E-state index contributed by atoms with van der Waals surface area (Å²) in [6, 6.07) is 46.0. The maximum absolute atomic E-state index is 15.9. The molecule has 2 nitrogen and oxygen atoms in total. The first-order chi connectivity index (χ1) is 19.2. The summed E-state index contributed by atoms with van der Waals surface area (Å²) < 4.78 is 15.9. The lowest BCUT2D eigenvalue weighted by atomic mass is 9.38. The number of nitrogens with zero attached hydrogens (tertiary/aromatic N) is 1. The van der Waals surface area contributed by atoms with Crippen LogP contribution in [-0.2, 0) is 4.57 Å². The summed E-state index contributed by atoms with van der Waals surface area (Å²) in [5.74, 6) is 0. The van der Waals surface area contributed by atoms with Crippen molar-refractivity contribution in [1.82, 2.24) is 4.98 Å². The molecule has 1 unspecified atom stereocenters. The molecule has 0 radical (unpaired) electrons. The third-order valence-electron chi connectivity index (χ3n) is 8.21. The third kappa shape index (κ3) is 3.17. The number of rotatable bonds is 2. The minimum Gasteiger partial charge on any atom is -0.309 e. The van der Waals surface area contributed by atoms with E-state index in [1.165, 1.54) is 10.9 Å². The van der Waals surface area contributed by atoms with Gasteiger partial charge in [0.15, 0.2) is 7.14 Å². The second-order valence-corrected chi connectivity index (χ2v) is 12.9. The molecule has 6 aromatic rings. The molecule has 0 spiro atoms. The quantitative estimate of drug-likeness (QED) is 0.231. The first-order valence-corrected chi connectivity index (χ1v) is 15.0. The summed E-state index contributed by atoms with van der Waals surface area (Å²) in [7, 11) is -3.24. The van der Waals surface area contributed by atoms with Crippen LogP contribution in [0.1, 0.15) is 16.7 Å². The first-order valence-electron chi connectivity index (χ1n) is 13.3. The molecule has 182 valence electrons. The molecule has 0 saturated carbocycles. The van der Waals surface area contributed by atoms with Gasteiger partial charge < -0.3 is 4.57 Å². The first kappa shape index (κ1) is 22.5. The molecule has 0 fully saturated rings. The van der Waals surface area contributed by atoms with Gasteiger partial charge in [0.25, 0.3) is 6.71 Å². The van der Waals surface area contributed by atoms with Crippen molar-refractivity contribution in [2.75, 3.05) is 0 Å². The second kappa shape index (κ2) is 8.53. The summed E-state index contributed by atoms with van der Waals surface area (Å²) in [6.07, 6.45) is 1.89. The Morgan fingerprint density at radius 3 is 2.03 bits per heavy atom. The monoisotopic (exact) mass is 515 g/mol. The largest absolute Gasteiger partial charge is 0.309 e. The summed E-state index contributed by atoms with van der Waals surface area (Å²) in [4.78, 5) is 4.94. The number of hydrogen-bond acceptors (Lipinski definition) is 2. The van der Waals surface area contributed by atoms with Crippen molar-refractivity contribution < 1.29 is 4.57 Å². The molecule has 2 aliphatic rings. The van der Waals surface area contributed by atoms with E-state index in [4.69, 9.17) is 4.98 Å². The van der Waals surface area contributed by atoms with Crippen molar-refractivity contribution in [2.24, 2.45) is 0 Å². The van der Waals surface area contributed by atoms with Crippen molar-refractivity contribution in [1.29, 1.82) is 0 Å². The molecular weight excluding hydrogens is 492 g/mol. The van der Waals surface area contributed by atoms with Crippen LogP contribution in [-0.4, -0.2) is 11.7 Å². The van der Waals surface area contributed by atoms with Crippen LogP contribution in [0.2, 0.25) is 0 Å². The highest BCUT2D eigenvalue weighted by atomic mass is 31.2. The van der Waals surface area contributed by atoms with Gasteiger partial charge in [-0.05, 0) is 45.2 Å². The summed E-state index contributed by atoms with van der Waals surface area (Å²) >= 11 is 0. The topological polar surface area (TPSA) is 30.0 Å². The fraction of sp³-hybridized carbons (Fsp3) is 0. The van der Waals surface area contributed by atoms with E-state index in [-0.39, 0.29) is 6.71 Å². The molecule has 2 aliphatic heterocycles. The number of hydrogen-bond donors (Lipinski definition) is 0. The lowest BCUT2D eigenvalue weighted by Crippen LogP contribution is -2.44. The van der Waals surface area contributed by atoms with Crippen LogP contribution in [0.3, 0.4) is 0 Å². The van der Waals surface area contributed by atoms with Crippen molar-refractivity contribution in [2.45, 2.75) is 0 Å². The van der Waals surface area contributed by atoms with Gasteiger partial charge in [0.2, 0.25) is 0 Å². The van der Waals surface area contributed by atoms with Gasteiger partial charge in [0.1, 0.15) is 0 Å². The smallest absolute Gasteiger partial charge is 0.267 e. The molecule has 0 aliphatic carbocycles. The lowest BCUT2D eigenvalue weighted by Gasteiger charge is -2.24. The Hall–Kier alpha value is -4.46. The van der Waals surface area contributed by atoms with Crippen LogP contribution in [0.15, 0.2) is 140 Å². The number of fused-ring (bicyclic) bond motifs is 7. The maximum Gasteiger partial charge on any atom is 0.267 e. The summed E-state index contributed by atoms with van der Waals surface area (Å²) in [6.45, 7) is -0.0465. The van der Waals surface area contributed by atoms with Crippen LogP contribution >= 0.6 is 7.14 Å². The molecule has 0 saturated heterocycles. The van der Waals surface area contributed by atoms with Crippen LogP contribution in [0.4, 0.5) is 0 Å². The van der Waals surface area contributed by atoms with Crippen LogP contribution in [0, 0.1) is 0 Å². The zero-order chi connectivity index (χ0) is 26.0. The molecule has 39 heavy (non-hydrogen) atoms. The van der Waals surface area contributed by atoms with Gasteiger partial charge in [0.05, 0.1) is 0 Å². The maximum atomic E-state index is 15.9. The summed E-state index contributed by atoms with van der Waals surface area (Å²) in [5.41, 5.74) is 7.79. The lowest BCUT2D eigenvalue weighted by molar-refractivity contribution is 0.592. The Morgan fingerprint density at radius 2 is 1.21 bits per heavy atom. The van der Waals surface area contributed by atoms with Crippen LogP contribution in [0.5, 0.6) is 0 Å². The van der Waals surface area contributed by atoms with E-state index in [0.29, 0.717) is 0 Å². The fourth-order valence-electron chi connectivity index (χ4n) is 6.55. The van der Waals surface area contributed by atoms with Gasteiger partial charge in [-0.25, -0.2) is 0 Å². The average Bonchev–Trinajstić information content (AvgIpc) is 3.31. The number of pyridine rings is 1. The van der Waals surface area contributed by atoms with E-state index < -0.39 is 7.14 Å². The minimum atomic E-state index is -3.24. The summed E-state index contributed by atoms with van der Waals surface area (Å²) in [5, 5.41) is 4.90. The molecule has 5 aromatic carbocycles. The van der Waals surface area contributed by atoms with Gasteiger partial charge in [-0.3, -0.25) is 4.98 Å².